The van der Waals surface area contributed by atoms with Gasteiger partial charge < -0.3 is 15.5 Å². The van der Waals surface area contributed by atoms with Crippen molar-refractivity contribution in [3.05, 3.63) is 58.9 Å². The fourth-order valence-corrected chi connectivity index (χ4v) is 2.94. The van der Waals surface area contributed by atoms with E-state index in [2.05, 4.69) is 10.6 Å². The van der Waals surface area contributed by atoms with E-state index in [1.165, 1.54) is 17.0 Å². The van der Waals surface area contributed by atoms with Crippen LogP contribution in [0.5, 0.6) is 0 Å². The Morgan fingerprint density at radius 2 is 1.96 bits per heavy atom. The third-order valence-corrected chi connectivity index (χ3v) is 4.52. The molecule has 1 aliphatic rings. The predicted molar refractivity (Wildman–Crippen MR) is 95.5 cm³/mol. The van der Waals surface area contributed by atoms with Gasteiger partial charge in [-0.25, -0.2) is 9.18 Å². The fraction of sp³-hybridized carbons (Fsp3) is 0.222. The van der Waals surface area contributed by atoms with Crippen LogP contribution in [0.1, 0.15) is 12.0 Å². The third kappa shape index (κ3) is 3.91. The van der Waals surface area contributed by atoms with Crippen molar-refractivity contribution in [3.63, 3.8) is 0 Å². The van der Waals surface area contributed by atoms with Crippen molar-refractivity contribution in [1.82, 2.24) is 5.32 Å². The van der Waals surface area contributed by atoms with E-state index in [9.17, 15) is 14.0 Å². The number of nitrogens with one attached hydrogen (secondary N) is 2. The number of urea groups is 1. The van der Waals surface area contributed by atoms with Gasteiger partial charge in [0.25, 0.3) is 0 Å². The Morgan fingerprint density at radius 3 is 2.68 bits per heavy atom. The summed E-state index contributed by atoms with van der Waals surface area (Å²) in [6.07, 6.45) is 0.194. The molecule has 2 aromatic rings. The number of carbonyl (C=O) groups excluding carboxylic acids is 2. The van der Waals surface area contributed by atoms with Crippen LogP contribution in [0.3, 0.4) is 0 Å². The number of amides is 3. The van der Waals surface area contributed by atoms with Gasteiger partial charge in [-0.05, 0) is 48.9 Å². The second-order valence-electron chi connectivity index (χ2n) is 5.89. The molecule has 5 nitrogen and oxygen atoms in total. The minimum Gasteiger partial charge on any atom is -0.333 e. The summed E-state index contributed by atoms with van der Waals surface area (Å²) in [6.45, 7) is 2.15. The minimum absolute atomic E-state index is 0.115. The molecule has 2 aromatic carbocycles. The molecule has 2 N–H and O–H groups in total. The van der Waals surface area contributed by atoms with E-state index in [-0.39, 0.29) is 24.2 Å². The molecular weight excluding hydrogens is 345 g/mol. The van der Waals surface area contributed by atoms with Crippen LogP contribution < -0.4 is 15.5 Å². The standard InChI is InChI=1S/C18H17ClFN3O2/c1-11-15(19)3-2-4-16(11)22-18(25)21-13-9-17(24)23(10-13)14-7-5-12(20)6-8-14/h2-8,13H,9-10H2,1H3,(H2,21,22,25)/t13-/m0/s1. The van der Waals surface area contributed by atoms with Gasteiger partial charge in [0.15, 0.2) is 0 Å². The quantitative estimate of drug-likeness (QED) is 0.875. The van der Waals surface area contributed by atoms with Crippen molar-refractivity contribution in [3.8, 4) is 0 Å². The van der Waals surface area contributed by atoms with E-state index in [0.717, 1.165) is 5.56 Å². The van der Waals surface area contributed by atoms with Crippen LogP contribution in [0.2, 0.25) is 5.02 Å². The molecule has 0 unspecified atom stereocenters. The first-order chi connectivity index (χ1) is 11.9. The first-order valence-electron chi connectivity index (χ1n) is 7.82. The molecule has 1 atom stereocenters. The molecule has 0 bridgehead atoms. The van der Waals surface area contributed by atoms with Gasteiger partial charge in [-0.2, -0.15) is 0 Å². The Bertz CT molecular complexity index is 810. The van der Waals surface area contributed by atoms with Gasteiger partial charge in [-0.15, -0.1) is 0 Å². The number of carbonyl (C=O) groups is 2. The minimum atomic E-state index is -0.399. The van der Waals surface area contributed by atoms with Crippen LogP contribution >= 0.6 is 11.6 Å². The maximum Gasteiger partial charge on any atom is 0.319 e. The average Bonchev–Trinajstić information content (AvgIpc) is 2.93. The number of hydrogen-bond acceptors (Lipinski definition) is 2. The van der Waals surface area contributed by atoms with E-state index in [1.807, 2.05) is 6.92 Å². The van der Waals surface area contributed by atoms with Gasteiger partial charge in [-0.3, -0.25) is 4.79 Å². The lowest BCUT2D eigenvalue weighted by atomic mass is 10.2. The molecule has 130 valence electrons. The molecular formula is C18H17ClFN3O2. The van der Waals surface area contributed by atoms with Crippen molar-refractivity contribution in [2.24, 2.45) is 0 Å². The largest absolute Gasteiger partial charge is 0.333 e. The molecule has 0 aromatic heterocycles. The van der Waals surface area contributed by atoms with E-state index >= 15 is 0 Å². The summed E-state index contributed by atoms with van der Waals surface area (Å²) in [7, 11) is 0. The van der Waals surface area contributed by atoms with Crippen molar-refractivity contribution < 1.29 is 14.0 Å². The SMILES string of the molecule is Cc1c(Cl)cccc1NC(=O)N[C@H]1CC(=O)N(c2ccc(F)cc2)C1. The topological polar surface area (TPSA) is 61.4 Å². The van der Waals surface area contributed by atoms with E-state index < -0.39 is 6.03 Å². The van der Waals surface area contributed by atoms with Gasteiger partial charge >= 0.3 is 6.03 Å². The second kappa shape index (κ2) is 7.11. The number of hydrogen-bond donors (Lipinski definition) is 2. The molecule has 0 spiro atoms. The lowest BCUT2D eigenvalue weighted by Crippen LogP contribution is -2.39. The first kappa shape index (κ1) is 17.2. The highest BCUT2D eigenvalue weighted by atomic mass is 35.5. The lowest BCUT2D eigenvalue weighted by molar-refractivity contribution is -0.117. The number of halogens is 2. The molecule has 1 saturated heterocycles. The van der Waals surface area contributed by atoms with Gasteiger partial charge in [-0.1, -0.05) is 17.7 Å². The Balaban J connectivity index is 1.62. The zero-order chi connectivity index (χ0) is 18.0. The Labute approximate surface area is 149 Å². The molecule has 3 amide bonds. The van der Waals surface area contributed by atoms with Crippen molar-refractivity contribution in [1.29, 1.82) is 0 Å². The van der Waals surface area contributed by atoms with Crippen LogP contribution in [-0.4, -0.2) is 24.5 Å². The number of nitrogens with zero attached hydrogens (tertiary/aromatic N) is 1. The molecule has 1 heterocycles. The lowest BCUT2D eigenvalue weighted by Gasteiger charge is -2.17. The molecule has 0 saturated carbocycles. The zero-order valence-corrected chi connectivity index (χ0v) is 14.3. The smallest absolute Gasteiger partial charge is 0.319 e. The Kier molecular flexibility index (Phi) is 4.90. The number of benzene rings is 2. The van der Waals surface area contributed by atoms with E-state index in [0.29, 0.717) is 22.9 Å². The normalized spacial score (nSPS) is 16.8. The van der Waals surface area contributed by atoms with Gasteiger partial charge in [0.2, 0.25) is 5.91 Å². The first-order valence-corrected chi connectivity index (χ1v) is 8.20. The summed E-state index contributed by atoms with van der Waals surface area (Å²) in [6, 6.07) is 10.2. The summed E-state index contributed by atoms with van der Waals surface area (Å²) in [5, 5.41) is 6.09. The summed E-state index contributed by atoms with van der Waals surface area (Å²) >= 11 is 6.04. The summed E-state index contributed by atoms with van der Waals surface area (Å²) < 4.78 is 13.0. The second-order valence-corrected chi connectivity index (χ2v) is 6.30. The fourth-order valence-electron chi connectivity index (χ4n) is 2.76. The maximum atomic E-state index is 13.0. The highest BCUT2D eigenvalue weighted by Gasteiger charge is 2.31. The molecule has 1 fully saturated rings. The molecule has 25 heavy (non-hydrogen) atoms. The van der Waals surface area contributed by atoms with Crippen LogP contribution in [0.25, 0.3) is 0 Å². The number of anilines is 2. The number of rotatable bonds is 3. The Hall–Kier alpha value is -2.60. The maximum absolute atomic E-state index is 13.0. The molecule has 3 rings (SSSR count). The molecule has 1 aliphatic heterocycles. The van der Waals surface area contributed by atoms with Gasteiger partial charge in [0.1, 0.15) is 5.82 Å². The molecule has 0 radical (unpaired) electrons. The van der Waals surface area contributed by atoms with E-state index in [1.54, 1.807) is 30.3 Å². The average molecular weight is 362 g/mol. The van der Waals surface area contributed by atoms with Gasteiger partial charge in [0, 0.05) is 29.4 Å². The van der Waals surface area contributed by atoms with Crippen LogP contribution in [-0.2, 0) is 4.79 Å². The van der Waals surface area contributed by atoms with Gasteiger partial charge in [0.05, 0.1) is 6.04 Å². The third-order valence-electron chi connectivity index (χ3n) is 4.11. The predicted octanol–water partition coefficient (Wildman–Crippen LogP) is 3.71. The van der Waals surface area contributed by atoms with E-state index in [4.69, 9.17) is 11.6 Å². The highest BCUT2D eigenvalue weighted by molar-refractivity contribution is 6.31. The highest BCUT2D eigenvalue weighted by Crippen LogP contribution is 2.24. The summed E-state index contributed by atoms with van der Waals surface area (Å²) in [4.78, 5) is 25.9. The van der Waals surface area contributed by atoms with Crippen LogP contribution in [0.15, 0.2) is 42.5 Å². The summed E-state index contributed by atoms with van der Waals surface area (Å²) in [5.74, 6) is -0.475. The van der Waals surface area contributed by atoms with Crippen LogP contribution in [0, 0.1) is 12.7 Å². The van der Waals surface area contributed by atoms with Crippen LogP contribution in [0.4, 0.5) is 20.6 Å². The zero-order valence-electron chi connectivity index (χ0n) is 13.6. The Morgan fingerprint density at radius 1 is 1.24 bits per heavy atom. The van der Waals surface area contributed by atoms with Crippen molar-refractivity contribution in [2.75, 3.05) is 16.8 Å². The molecule has 0 aliphatic carbocycles. The monoisotopic (exact) mass is 361 g/mol. The van der Waals surface area contributed by atoms with Crippen molar-refractivity contribution in [2.45, 2.75) is 19.4 Å². The summed E-state index contributed by atoms with van der Waals surface area (Å²) in [5.41, 5.74) is 2.00. The molecule has 7 heteroatoms. The van der Waals surface area contributed by atoms with Crippen molar-refractivity contribution >= 4 is 34.9 Å².